The van der Waals surface area contributed by atoms with Crippen LogP contribution in [0, 0.1) is 5.82 Å². The molecule has 0 radical (unpaired) electrons. The van der Waals surface area contributed by atoms with Crippen molar-refractivity contribution in [3.05, 3.63) is 47.8 Å². The summed E-state index contributed by atoms with van der Waals surface area (Å²) in [5.41, 5.74) is 1.06. The average Bonchev–Trinajstić information content (AvgIpc) is 2.15. The van der Waals surface area contributed by atoms with E-state index in [1.54, 1.807) is 12.1 Å². The Kier molecular flexibility index (Phi) is 4.15. The molecule has 0 aromatic heterocycles. The molecule has 0 heterocycles. The monoisotopic (exact) mass is 181 g/mol. The van der Waals surface area contributed by atoms with E-state index in [1.165, 1.54) is 12.1 Å². The second-order valence-corrected chi connectivity index (χ2v) is 2.64. The lowest BCUT2D eigenvalue weighted by atomic mass is 10.1. The number of rotatable bonds is 4. The minimum Gasteiger partial charge on any atom is -0.300 e. The minimum absolute atomic E-state index is 0.210. The third-order valence-electron chi connectivity index (χ3n) is 1.63. The maximum atomic E-state index is 12.5. The largest absolute Gasteiger partial charge is 0.300 e. The summed E-state index contributed by atoms with van der Waals surface area (Å²) in [7, 11) is 0. The zero-order valence-electron chi connectivity index (χ0n) is 7.24. The van der Waals surface area contributed by atoms with E-state index < -0.39 is 0 Å². The second kappa shape index (κ2) is 5.45. The van der Waals surface area contributed by atoms with Gasteiger partial charge in [0.25, 0.3) is 0 Å². The molecule has 0 atom stereocenters. The normalized spacial score (nSPS) is 10.9. The summed E-state index contributed by atoms with van der Waals surface area (Å²) in [6.45, 7) is 0.404. The van der Waals surface area contributed by atoms with Crippen LogP contribution in [-0.4, -0.2) is 6.61 Å². The third kappa shape index (κ3) is 3.83. The van der Waals surface area contributed by atoms with E-state index in [0.29, 0.717) is 6.61 Å². The molecular formula is C10H12FNO. The van der Waals surface area contributed by atoms with Gasteiger partial charge in [-0.25, -0.2) is 10.3 Å². The number of benzene rings is 1. The zero-order chi connectivity index (χ0) is 9.52. The van der Waals surface area contributed by atoms with Gasteiger partial charge in [0.1, 0.15) is 5.82 Å². The molecule has 1 rings (SSSR count). The van der Waals surface area contributed by atoms with Gasteiger partial charge in [-0.1, -0.05) is 24.3 Å². The van der Waals surface area contributed by atoms with Gasteiger partial charge < -0.3 is 4.84 Å². The van der Waals surface area contributed by atoms with E-state index in [2.05, 4.69) is 4.84 Å². The molecule has 2 nitrogen and oxygen atoms in total. The maximum absolute atomic E-state index is 12.5. The van der Waals surface area contributed by atoms with Gasteiger partial charge in [-0.15, -0.1) is 0 Å². The van der Waals surface area contributed by atoms with Gasteiger partial charge in [-0.05, 0) is 24.1 Å². The highest BCUT2D eigenvalue weighted by atomic mass is 19.1. The Bertz CT molecular complexity index is 269. The molecule has 3 heteroatoms. The van der Waals surface area contributed by atoms with Crippen LogP contribution in [0.2, 0.25) is 0 Å². The Labute approximate surface area is 76.8 Å². The molecule has 0 fully saturated rings. The summed E-state index contributed by atoms with van der Waals surface area (Å²) in [6.07, 6.45) is 4.52. The van der Waals surface area contributed by atoms with Crippen molar-refractivity contribution in [2.45, 2.75) is 6.42 Å². The highest BCUT2D eigenvalue weighted by Gasteiger charge is 1.89. The maximum Gasteiger partial charge on any atom is 0.123 e. The van der Waals surface area contributed by atoms with Gasteiger partial charge in [-0.2, -0.15) is 0 Å². The number of hydrogen-bond acceptors (Lipinski definition) is 2. The van der Waals surface area contributed by atoms with E-state index in [-0.39, 0.29) is 5.82 Å². The fraction of sp³-hybridized carbons (Fsp3) is 0.200. The lowest BCUT2D eigenvalue weighted by molar-refractivity contribution is 0.168. The van der Waals surface area contributed by atoms with Crippen LogP contribution in [0.25, 0.3) is 0 Å². The van der Waals surface area contributed by atoms with Crippen molar-refractivity contribution in [3.63, 3.8) is 0 Å². The molecule has 0 unspecified atom stereocenters. The molecule has 1 aromatic carbocycles. The van der Waals surface area contributed by atoms with Crippen molar-refractivity contribution in [1.82, 2.24) is 0 Å². The molecule has 0 aliphatic rings. The van der Waals surface area contributed by atoms with Crippen molar-refractivity contribution in [2.24, 2.45) is 5.90 Å². The van der Waals surface area contributed by atoms with Gasteiger partial charge in [0.05, 0.1) is 6.61 Å². The van der Waals surface area contributed by atoms with Crippen LogP contribution < -0.4 is 5.90 Å². The number of allylic oxidation sites excluding steroid dienone is 1. The van der Waals surface area contributed by atoms with Crippen molar-refractivity contribution in [2.75, 3.05) is 6.61 Å². The molecule has 0 amide bonds. The quantitative estimate of drug-likeness (QED) is 0.568. The second-order valence-electron chi connectivity index (χ2n) is 2.64. The smallest absolute Gasteiger partial charge is 0.123 e. The molecule has 0 saturated heterocycles. The summed E-state index contributed by atoms with van der Waals surface area (Å²) in [6, 6.07) is 6.40. The molecule has 13 heavy (non-hydrogen) atoms. The Balaban J connectivity index is 2.41. The van der Waals surface area contributed by atoms with Crippen molar-refractivity contribution in [1.29, 1.82) is 0 Å². The minimum atomic E-state index is -0.210. The van der Waals surface area contributed by atoms with Crippen LogP contribution >= 0.6 is 0 Å². The van der Waals surface area contributed by atoms with Crippen LogP contribution in [0.3, 0.4) is 0 Å². The highest BCUT2D eigenvalue weighted by Crippen LogP contribution is 2.03. The summed E-state index contributed by atoms with van der Waals surface area (Å²) in [5, 5.41) is 0. The molecule has 0 saturated carbocycles. The number of nitrogens with two attached hydrogens (primary N) is 1. The van der Waals surface area contributed by atoms with Crippen LogP contribution in [0.1, 0.15) is 5.56 Å². The highest BCUT2D eigenvalue weighted by molar-refractivity contribution is 5.18. The molecule has 1 aromatic rings. The molecule has 70 valence electrons. The molecule has 0 spiro atoms. The van der Waals surface area contributed by atoms with E-state index in [1.807, 2.05) is 12.2 Å². The first-order chi connectivity index (χ1) is 6.33. The van der Waals surface area contributed by atoms with Gasteiger partial charge in [-0.3, -0.25) is 0 Å². The average molecular weight is 181 g/mol. The SMILES string of the molecule is NOC/C=C/Cc1ccc(F)cc1. The predicted molar refractivity (Wildman–Crippen MR) is 49.4 cm³/mol. The summed E-state index contributed by atoms with van der Waals surface area (Å²) >= 11 is 0. The lowest BCUT2D eigenvalue weighted by Gasteiger charge is -1.95. The van der Waals surface area contributed by atoms with Crippen LogP contribution in [0.15, 0.2) is 36.4 Å². The summed E-state index contributed by atoms with van der Waals surface area (Å²) in [5.74, 6) is 4.62. The number of hydrogen-bond donors (Lipinski definition) is 1. The van der Waals surface area contributed by atoms with Gasteiger partial charge in [0.2, 0.25) is 0 Å². The van der Waals surface area contributed by atoms with Gasteiger partial charge in [0.15, 0.2) is 0 Å². The van der Waals surface area contributed by atoms with E-state index in [9.17, 15) is 4.39 Å². The van der Waals surface area contributed by atoms with Crippen LogP contribution in [-0.2, 0) is 11.3 Å². The fourth-order valence-corrected chi connectivity index (χ4v) is 0.964. The number of halogens is 1. The van der Waals surface area contributed by atoms with Crippen LogP contribution in [0.4, 0.5) is 4.39 Å². The Morgan fingerprint density at radius 3 is 2.54 bits per heavy atom. The summed E-state index contributed by atoms with van der Waals surface area (Å²) < 4.78 is 12.5. The molecular weight excluding hydrogens is 169 g/mol. The van der Waals surface area contributed by atoms with E-state index in [4.69, 9.17) is 5.90 Å². The zero-order valence-corrected chi connectivity index (χ0v) is 7.24. The standard InChI is InChI=1S/C10H12FNO/c11-10-6-4-9(5-7-10)3-1-2-8-13-12/h1-2,4-7H,3,8,12H2/b2-1+. The van der Waals surface area contributed by atoms with Crippen molar-refractivity contribution in [3.8, 4) is 0 Å². The molecule has 0 aliphatic carbocycles. The third-order valence-corrected chi connectivity index (χ3v) is 1.63. The van der Waals surface area contributed by atoms with Gasteiger partial charge in [0, 0.05) is 0 Å². The fourth-order valence-electron chi connectivity index (χ4n) is 0.964. The summed E-state index contributed by atoms with van der Waals surface area (Å²) in [4.78, 5) is 4.35. The van der Waals surface area contributed by atoms with Crippen molar-refractivity contribution < 1.29 is 9.23 Å². The first kappa shape index (κ1) is 9.89. The van der Waals surface area contributed by atoms with Gasteiger partial charge >= 0.3 is 0 Å². The Morgan fingerprint density at radius 2 is 1.92 bits per heavy atom. The Hall–Kier alpha value is -1.19. The Morgan fingerprint density at radius 1 is 1.23 bits per heavy atom. The first-order valence-electron chi connectivity index (χ1n) is 4.04. The van der Waals surface area contributed by atoms with E-state index >= 15 is 0 Å². The van der Waals surface area contributed by atoms with Crippen LogP contribution in [0.5, 0.6) is 0 Å². The topological polar surface area (TPSA) is 35.2 Å². The molecule has 0 aliphatic heterocycles. The molecule has 0 bridgehead atoms. The van der Waals surface area contributed by atoms with E-state index in [0.717, 1.165) is 12.0 Å². The molecule has 2 N–H and O–H groups in total. The first-order valence-corrected chi connectivity index (χ1v) is 4.04. The predicted octanol–water partition coefficient (Wildman–Crippen LogP) is 1.81. The lowest BCUT2D eigenvalue weighted by Crippen LogP contribution is -1.97. The van der Waals surface area contributed by atoms with Crippen molar-refractivity contribution >= 4 is 0 Å².